The van der Waals surface area contributed by atoms with Crippen molar-refractivity contribution in [2.75, 3.05) is 13.2 Å². The maximum absolute atomic E-state index is 10.4. The highest BCUT2D eigenvalue weighted by molar-refractivity contribution is 5.25. The molecule has 2 heterocycles. The van der Waals surface area contributed by atoms with Crippen LogP contribution in [0.15, 0.2) is 30.3 Å². The van der Waals surface area contributed by atoms with Gasteiger partial charge in [-0.1, -0.05) is 30.3 Å². The lowest BCUT2D eigenvalue weighted by atomic mass is 9.87. The predicted octanol–water partition coefficient (Wildman–Crippen LogP) is -2.65. The van der Waals surface area contributed by atoms with Gasteiger partial charge in [0.25, 0.3) is 0 Å². The molecule has 2 saturated heterocycles. The van der Waals surface area contributed by atoms with E-state index in [1.165, 1.54) is 0 Å². The summed E-state index contributed by atoms with van der Waals surface area (Å²) in [6.07, 6.45) is -14.1. The van der Waals surface area contributed by atoms with Crippen LogP contribution in [0, 0.1) is 11.3 Å². The number of hydrogen-bond donors (Lipinski definition) is 7. The molecule has 2 aliphatic rings. The van der Waals surface area contributed by atoms with Gasteiger partial charge in [-0.2, -0.15) is 5.26 Å². The van der Waals surface area contributed by atoms with Gasteiger partial charge >= 0.3 is 0 Å². The number of ether oxygens (including phenoxy) is 3. The maximum atomic E-state index is 10.4. The molecule has 7 N–H and O–H groups in total. The highest BCUT2D eigenvalue weighted by Gasteiger charge is 2.47. The minimum atomic E-state index is -1.64. The summed E-state index contributed by atoms with van der Waals surface area (Å²) in [6.45, 7) is -1.04. The summed E-state index contributed by atoms with van der Waals surface area (Å²) in [7, 11) is 0. The summed E-state index contributed by atoms with van der Waals surface area (Å²) >= 11 is 0. The van der Waals surface area contributed by atoms with Gasteiger partial charge in [-0.25, -0.2) is 0 Å². The Kier molecular flexibility index (Phi) is 8.54. The quantitative estimate of drug-likeness (QED) is 0.227. The van der Waals surface area contributed by atoms with E-state index in [1.807, 2.05) is 0 Å². The molecule has 3 rings (SSSR count). The first kappa shape index (κ1) is 24.9. The van der Waals surface area contributed by atoms with Crippen LogP contribution in [0.1, 0.15) is 17.9 Å². The molecule has 0 radical (unpaired) electrons. The normalized spacial score (nSPS) is 41.1. The second-order valence-electron chi connectivity index (χ2n) is 8.04. The molecular weight excluding hydrogens is 426 g/mol. The second-order valence-corrected chi connectivity index (χ2v) is 8.04. The fourth-order valence-corrected chi connectivity index (χ4v) is 3.94. The van der Waals surface area contributed by atoms with Gasteiger partial charge in [0.05, 0.1) is 31.3 Å². The molecule has 0 unspecified atom stereocenters. The highest BCUT2D eigenvalue weighted by Crippen LogP contribution is 2.30. The van der Waals surface area contributed by atoms with Crippen molar-refractivity contribution in [1.82, 2.24) is 0 Å². The largest absolute Gasteiger partial charge is 0.394 e. The van der Waals surface area contributed by atoms with E-state index in [-0.39, 0.29) is 6.42 Å². The topological polar surface area (TPSA) is 193 Å². The Hall–Kier alpha value is -1.69. The maximum Gasteiger partial charge on any atom is 0.186 e. The van der Waals surface area contributed by atoms with Crippen LogP contribution in [0.2, 0.25) is 0 Å². The van der Waals surface area contributed by atoms with Crippen LogP contribution in [-0.4, -0.2) is 110 Å². The van der Waals surface area contributed by atoms with Crippen molar-refractivity contribution in [3.63, 3.8) is 0 Å². The van der Waals surface area contributed by atoms with Crippen molar-refractivity contribution in [2.24, 2.45) is 0 Å². The van der Waals surface area contributed by atoms with Gasteiger partial charge in [0.2, 0.25) is 0 Å². The van der Waals surface area contributed by atoms with E-state index in [4.69, 9.17) is 14.2 Å². The number of benzene rings is 1. The van der Waals surface area contributed by atoms with Gasteiger partial charge in [0.15, 0.2) is 6.29 Å². The van der Waals surface area contributed by atoms with Crippen molar-refractivity contribution in [1.29, 1.82) is 5.26 Å². The first-order chi connectivity index (χ1) is 15.3. The standard InChI is InChI=1S/C21H29NO10/c22-7-11(10-4-2-1-3-5-10)6-12-15(24)18(27)17(26)14(31-12)9-30-21-20(29)19(28)16(25)13(8-23)32-21/h1-5,11-21,23-29H,6,8-9H2/t11-,12+,13-,14-,15-,16+,17+,18-,19+,20+,21-/m0/s1. The fraction of sp³-hybridized carbons (Fsp3) is 0.667. The predicted molar refractivity (Wildman–Crippen MR) is 106 cm³/mol. The van der Waals surface area contributed by atoms with Crippen molar-refractivity contribution >= 4 is 0 Å². The molecule has 32 heavy (non-hydrogen) atoms. The molecule has 2 aliphatic heterocycles. The van der Waals surface area contributed by atoms with Gasteiger partial charge in [0.1, 0.15) is 48.8 Å². The van der Waals surface area contributed by atoms with E-state index < -0.39 is 80.4 Å². The summed E-state index contributed by atoms with van der Waals surface area (Å²) in [5, 5.41) is 79.5. The Balaban J connectivity index is 1.65. The Bertz CT molecular complexity index is 759. The molecule has 11 heteroatoms. The second kappa shape index (κ2) is 11.0. The van der Waals surface area contributed by atoms with Gasteiger partial charge in [-0.3, -0.25) is 0 Å². The number of aliphatic hydroxyl groups is 7. The van der Waals surface area contributed by atoms with Crippen LogP contribution in [-0.2, 0) is 14.2 Å². The van der Waals surface area contributed by atoms with Crippen LogP contribution in [0.3, 0.4) is 0 Å². The van der Waals surface area contributed by atoms with Crippen molar-refractivity contribution in [3.05, 3.63) is 35.9 Å². The zero-order chi connectivity index (χ0) is 23.4. The van der Waals surface area contributed by atoms with E-state index in [0.717, 1.165) is 0 Å². The Morgan fingerprint density at radius 3 is 2.03 bits per heavy atom. The van der Waals surface area contributed by atoms with Crippen molar-refractivity contribution < 1.29 is 50.0 Å². The lowest BCUT2D eigenvalue weighted by Gasteiger charge is -2.43. The number of rotatable bonds is 7. The summed E-state index contributed by atoms with van der Waals surface area (Å²) in [6, 6.07) is 11.0. The number of nitriles is 1. The summed E-state index contributed by atoms with van der Waals surface area (Å²) in [5.41, 5.74) is 0.709. The number of nitrogens with zero attached hydrogens (tertiary/aromatic N) is 1. The lowest BCUT2D eigenvalue weighted by Crippen LogP contribution is -2.61. The molecule has 11 atom stereocenters. The first-order valence-electron chi connectivity index (χ1n) is 10.3. The Morgan fingerprint density at radius 1 is 0.812 bits per heavy atom. The third-order valence-electron chi connectivity index (χ3n) is 5.91. The van der Waals surface area contributed by atoms with Gasteiger partial charge in [-0.05, 0) is 12.0 Å². The Labute approximate surface area is 184 Å². The molecule has 0 amide bonds. The van der Waals surface area contributed by atoms with E-state index in [2.05, 4.69) is 6.07 Å². The van der Waals surface area contributed by atoms with Gasteiger partial charge in [-0.15, -0.1) is 0 Å². The molecular formula is C21H29NO10. The third-order valence-corrected chi connectivity index (χ3v) is 5.91. The Morgan fingerprint density at radius 2 is 1.41 bits per heavy atom. The average Bonchev–Trinajstić information content (AvgIpc) is 2.81. The summed E-state index contributed by atoms with van der Waals surface area (Å²) in [4.78, 5) is 0. The summed E-state index contributed by atoms with van der Waals surface area (Å²) < 4.78 is 16.4. The molecule has 1 aromatic carbocycles. The molecule has 0 saturated carbocycles. The number of aliphatic hydroxyl groups excluding tert-OH is 7. The molecule has 1 aromatic rings. The van der Waals surface area contributed by atoms with Crippen LogP contribution in [0.4, 0.5) is 0 Å². The SMILES string of the molecule is N#C[C@H](C[C@H]1O[C@@H](CO[C@H]2O[C@@H](CO)[C@@H](O)[C@@H](O)[C@H]2O)[C@@H](O)[C@@H](O)[C@H]1O)c1ccccc1. The molecule has 11 nitrogen and oxygen atoms in total. The lowest BCUT2D eigenvalue weighted by molar-refractivity contribution is -0.314. The van der Waals surface area contributed by atoms with E-state index in [0.29, 0.717) is 5.56 Å². The fourth-order valence-electron chi connectivity index (χ4n) is 3.94. The van der Waals surface area contributed by atoms with E-state index >= 15 is 0 Å². The van der Waals surface area contributed by atoms with Crippen molar-refractivity contribution in [2.45, 2.75) is 73.6 Å². The van der Waals surface area contributed by atoms with Crippen molar-refractivity contribution in [3.8, 4) is 6.07 Å². The van der Waals surface area contributed by atoms with E-state index in [9.17, 15) is 41.0 Å². The van der Waals surface area contributed by atoms with Crippen LogP contribution in [0.25, 0.3) is 0 Å². The van der Waals surface area contributed by atoms with Crippen LogP contribution in [0.5, 0.6) is 0 Å². The minimum Gasteiger partial charge on any atom is -0.394 e. The molecule has 0 spiro atoms. The minimum absolute atomic E-state index is 0.0437. The number of hydrogen-bond acceptors (Lipinski definition) is 11. The summed E-state index contributed by atoms with van der Waals surface area (Å²) in [5.74, 6) is -0.634. The monoisotopic (exact) mass is 455 g/mol. The molecule has 0 aliphatic carbocycles. The third kappa shape index (κ3) is 5.27. The molecule has 2 fully saturated rings. The zero-order valence-corrected chi connectivity index (χ0v) is 17.2. The highest BCUT2D eigenvalue weighted by atomic mass is 16.7. The van der Waals surface area contributed by atoms with Gasteiger partial charge in [0, 0.05) is 0 Å². The molecule has 0 bridgehead atoms. The van der Waals surface area contributed by atoms with Gasteiger partial charge < -0.3 is 50.0 Å². The smallest absolute Gasteiger partial charge is 0.186 e. The first-order valence-corrected chi connectivity index (χ1v) is 10.3. The van der Waals surface area contributed by atoms with E-state index in [1.54, 1.807) is 30.3 Å². The van der Waals surface area contributed by atoms with Crippen LogP contribution >= 0.6 is 0 Å². The van der Waals surface area contributed by atoms with Crippen LogP contribution < -0.4 is 0 Å². The molecule has 0 aromatic heterocycles. The molecule has 178 valence electrons. The average molecular weight is 455 g/mol. The zero-order valence-electron chi connectivity index (χ0n) is 17.2.